The molecular weight excluding hydrogens is 204 g/mol. The summed E-state index contributed by atoms with van der Waals surface area (Å²) in [5.74, 6) is 0. The lowest BCUT2D eigenvalue weighted by Gasteiger charge is -2.03. The molecule has 1 aliphatic carbocycles. The molecule has 0 unspecified atom stereocenters. The molecule has 17 heavy (non-hydrogen) atoms. The van der Waals surface area contributed by atoms with Gasteiger partial charge < -0.3 is 0 Å². The Balaban J connectivity index is 2.23. The van der Waals surface area contributed by atoms with Gasteiger partial charge in [-0.05, 0) is 51.9 Å². The molecule has 2 aromatic carbocycles. The third kappa shape index (κ3) is 1.53. The molecule has 0 aliphatic heterocycles. The standard InChI is InChI=1S/C17H14/c1-3-12-5-7-14-11-15-8-6-13(4-2)10-17(15)16(14)9-12/h3-10H,1-2,11H2. The van der Waals surface area contributed by atoms with Gasteiger partial charge in [-0.15, -0.1) is 0 Å². The first-order valence-corrected chi connectivity index (χ1v) is 5.83. The summed E-state index contributed by atoms with van der Waals surface area (Å²) in [5.41, 5.74) is 7.88. The molecule has 0 N–H and O–H groups in total. The summed E-state index contributed by atoms with van der Waals surface area (Å²) in [4.78, 5) is 0. The van der Waals surface area contributed by atoms with Gasteiger partial charge in [0.1, 0.15) is 0 Å². The van der Waals surface area contributed by atoms with Crippen molar-refractivity contribution in [3.63, 3.8) is 0 Å². The van der Waals surface area contributed by atoms with Crippen molar-refractivity contribution in [2.45, 2.75) is 6.42 Å². The van der Waals surface area contributed by atoms with Crippen LogP contribution in [0.15, 0.2) is 49.6 Å². The molecule has 0 amide bonds. The molecule has 3 rings (SSSR count). The molecule has 0 radical (unpaired) electrons. The van der Waals surface area contributed by atoms with Gasteiger partial charge in [-0.2, -0.15) is 0 Å². The normalized spacial score (nSPS) is 11.8. The molecule has 2 aromatic rings. The Kier molecular flexibility index (Phi) is 2.22. The van der Waals surface area contributed by atoms with Crippen LogP contribution in [0.2, 0.25) is 0 Å². The van der Waals surface area contributed by atoms with Crippen LogP contribution in [-0.4, -0.2) is 0 Å². The molecule has 0 aromatic heterocycles. The fourth-order valence-electron chi connectivity index (χ4n) is 2.46. The fourth-order valence-corrected chi connectivity index (χ4v) is 2.46. The second kappa shape index (κ2) is 3.74. The van der Waals surface area contributed by atoms with Gasteiger partial charge in [0.15, 0.2) is 0 Å². The van der Waals surface area contributed by atoms with Crippen LogP contribution in [-0.2, 0) is 6.42 Å². The van der Waals surface area contributed by atoms with Crippen LogP contribution in [0.5, 0.6) is 0 Å². The molecule has 0 atom stereocenters. The van der Waals surface area contributed by atoms with Crippen LogP contribution in [0.1, 0.15) is 22.3 Å². The first-order chi connectivity index (χ1) is 8.31. The second-order valence-electron chi connectivity index (χ2n) is 4.42. The monoisotopic (exact) mass is 218 g/mol. The molecule has 1 aliphatic rings. The number of fused-ring (bicyclic) bond motifs is 3. The van der Waals surface area contributed by atoms with Gasteiger partial charge in [0.05, 0.1) is 0 Å². The van der Waals surface area contributed by atoms with Gasteiger partial charge in [-0.25, -0.2) is 0 Å². The molecular formula is C17H14. The summed E-state index contributed by atoms with van der Waals surface area (Å²) in [5, 5.41) is 0. The first-order valence-electron chi connectivity index (χ1n) is 5.83. The Morgan fingerprint density at radius 3 is 1.65 bits per heavy atom. The van der Waals surface area contributed by atoms with Crippen molar-refractivity contribution in [2.24, 2.45) is 0 Å². The quantitative estimate of drug-likeness (QED) is 0.592. The third-order valence-corrected chi connectivity index (χ3v) is 3.41. The van der Waals surface area contributed by atoms with Crippen LogP contribution >= 0.6 is 0 Å². The van der Waals surface area contributed by atoms with Crippen LogP contribution in [0.25, 0.3) is 23.3 Å². The topological polar surface area (TPSA) is 0 Å². The van der Waals surface area contributed by atoms with Crippen LogP contribution in [0.4, 0.5) is 0 Å². The molecule has 82 valence electrons. The highest BCUT2D eigenvalue weighted by Crippen LogP contribution is 2.37. The summed E-state index contributed by atoms with van der Waals surface area (Å²) in [6.07, 6.45) is 4.84. The van der Waals surface area contributed by atoms with Crippen LogP contribution < -0.4 is 0 Å². The highest BCUT2D eigenvalue weighted by atomic mass is 14.2. The third-order valence-electron chi connectivity index (χ3n) is 3.41. The maximum Gasteiger partial charge on any atom is -0.00134 e. The Bertz CT molecular complexity index is 562. The predicted octanol–water partition coefficient (Wildman–Crippen LogP) is 4.54. The Morgan fingerprint density at radius 2 is 1.24 bits per heavy atom. The predicted molar refractivity (Wildman–Crippen MR) is 74.9 cm³/mol. The number of hydrogen-bond acceptors (Lipinski definition) is 0. The van der Waals surface area contributed by atoms with Gasteiger partial charge in [0.25, 0.3) is 0 Å². The van der Waals surface area contributed by atoms with E-state index in [1.807, 2.05) is 12.2 Å². The lowest BCUT2D eigenvalue weighted by Crippen LogP contribution is -1.80. The van der Waals surface area contributed by atoms with E-state index in [1.54, 1.807) is 0 Å². The minimum Gasteiger partial charge on any atom is -0.0985 e. The molecule has 0 nitrogen and oxygen atoms in total. The Hall–Kier alpha value is -2.08. The first kappa shape index (κ1) is 10.1. The van der Waals surface area contributed by atoms with Gasteiger partial charge in [0.2, 0.25) is 0 Å². The minimum atomic E-state index is 1.04. The van der Waals surface area contributed by atoms with Crippen molar-refractivity contribution in [3.8, 4) is 11.1 Å². The van der Waals surface area contributed by atoms with Crippen molar-refractivity contribution >= 4 is 12.2 Å². The fraction of sp³-hybridized carbons (Fsp3) is 0.0588. The van der Waals surface area contributed by atoms with E-state index in [2.05, 4.69) is 49.6 Å². The molecule has 0 spiro atoms. The zero-order chi connectivity index (χ0) is 11.8. The molecule has 0 bridgehead atoms. The lowest BCUT2D eigenvalue weighted by molar-refractivity contribution is 1.26. The van der Waals surface area contributed by atoms with Crippen LogP contribution in [0, 0.1) is 0 Å². The van der Waals surface area contributed by atoms with E-state index in [1.165, 1.54) is 33.4 Å². The Morgan fingerprint density at radius 1 is 0.765 bits per heavy atom. The van der Waals surface area contributed by atoms with Crippen molar-refractivity contribution in [1.82, 2.24) is 0 Å². The van der Waals surface area contributed by atoms with E-state index < -0.39 is 0 Å². The smallest absolute Gasteiger partial charge is 0.00134 e. The van der Waals surface area contributed by atoms with E-state index in [0.717, 1.165) is 6.42 Å². The number of benzene rings is 2. The van der Waals surface area contributed by atoms with Crippen molar-refractivity contribution in [3.05, 3.63) is 71.8 Å². The average Bonchev–Trinajstić information content (AvgIpc) is 2.75. The number of hydrogen-bond donors (Lipinski definition) is 0. The van der Waals surface area contributed by atoms with E-state index in [4.69, 9.17) is 0 Å². The van der Waals surface area contributed by atoms with Gasteiger partial charge in [-0.1, -0.05) is 49.6 Å². The van der Waals surface area contributed by atoms with E-state index in [-0.39, 0.29) is 0 Å². The van der Waals surface area contributed by atoms with E-state index >= 15 is 0 Å². The van der Waals surface area contributed by atoms with Gasteiger partial charge in [0, 0.05) is 0 Å². The minimum absolute atomic E-state index is 1.04. The van der Waals surface area contributed by atoms with Crippen molar-refractivity contribution in [2.75, 3.05) is 0 Å². The zero-order valence-corrected chi connectivity index (χ0v) is 9.74. The SMILES string of the molecule is C=Cc1ccc2c(c1)-c1cc(C=C)ccc1C2. The Labute approximate surface area is 102 Å². The molecule has 0 saturated carbocycles. The maximum atomic E-state index is 3.83. The highest BCUT2D eigenvalue weighted by Gasteiger charge is 2.18. The molecule has 0 fully saturated rings. The largest absolute Gasteiger partial charge is 0.0985 e. The van der Waals surface area contributed by atoms with E-state index in [9.17, 15) is 0 Å². The van der Waals surface area contributed by atoms with Crippen LogP contribution in [0.3, 0.4) is 0 Å². The summed E-state index contributed by atoms with van der Waals surface area (Å²) in [6.45, 7) is 7.66. The summed E-state index contributed by atoms with van der Waals surface area (Å²) < 4.78 is 0. The molecule has 0 heteroatoms. The highest BCUT2D eigenvalue weighted by molar-refractivity contribution is 5.80. The summed E-state index contributed by atoms with van der Waals surface area (Å²) in [7, 11) is 0. The number of rotatable bonds is 2. The average molecular weight is 218 g/mol. The van der Waals surface area contributed by atoms with Crippen molar-refractivity contribution < 1.29 is 0 Å². The molecule has 0 saturated heterocycles. The summed E-state index contributed by atoms with van der Waals surface area (Å²) in [6, 6.07) is 13.1. The summed E-state index contributed by atoms with van der Waals surface area (Å²) >= 11 is 0. The van der Waals surface area contributed by atoms with Gasteiger partial charge in [-0.3, -0.25) is 0 Å². The second-order valence-corrected chi connectivity index (χ2v) is 4.42. The molecule has 0 heterocycles. The van der Waals surface area contributed by atoms with Gasteiger partial charge >= 0.3 is 0 Å². The lowest BCUT2D eigenvalue weighted by atomic mass is 10.0. The zero-order valence-electron chi connectivity index (χ0n) is 9.74. The van der Waals surface area contributed by atoms with Crippen molar-refractivity contribution in [1.29, 1.82) is 0 Å². The maximum absolute atomic E-state index is 3.83. The van der Waals surface area contributed by atoms with E-state index in [0.29, 0.717) is 0 Å².